The van der Waals surface area contributed by atoms with Crippen LogP contribution in [0.15, 0.2) is 20.4 Å². The Morgan fingerprint density at radius 3 is 1.78 bits per heavy atom. The summed E-state index contributed by atoms with van der Waals surface area (Å²) in [7, 11) is 2.84. The zero-order valence-electron chi connectivity index (χ0n) is 30.2. The van der Waals surface area contributed by atoms with Crippen molar-refractivity contribution in [2.45, 2.75) is 36.4 Å². The van der Waals surface area contributed by atoms with Crippen molar-refractivity contribution in [3.8, 4) is 0 Å². The number of amides is 6. The number of likely N-dealkylation sites (N-methyl/N-ethyl adjacent to an activating group) is 2. The van der Waals surface area contributed by atoms with Crippen LogP contribution in [0.3, 0.4) is 0 Å². The van der Waals surface area contributed by atoms with E-state index >= 15 is 0 Å². The van der Waals surface area contributed by atoms with Crippen LogP contribution in [-0.2, 0) is 19.2 Å². The molecule has 0 bridgehead atoms. The number of allylic oxidation sites excluding steroid dienone is 1. The maximum Gasteiger partial charge on any atom is 0.255 e. The molecule has 0 heterocycles. The first-order valence-corrected chi connectivity index (χ1v) is 21.0. The molecule has 0 spiro atoms. The van der Waals surface area contributed by atoms with Crippen molar-refractivity contribution in [3.05, 3.63) is 44.3 Å². The number of benzene rings is 1. The van der Waals surface area contributed by atoms with Gasteiger partial charge in [0, 0.05) is 53.1 Å². The first-order chi connectivity index (χ1) is 25.8. The largest absolute Gasteiger partial charge is 0.394 e. The molecule has 1 aliphatic rings. The van der Waals surface area contributed by atoms with Crippen LogP contribution in [0.25, 0.3) is 0 Å². The topological polar surface area (TPSA) is 278 Å². The molecular weight excluding hydrogens is 1180 g/mol. The van der Waals surface area contributed by atoms with Crippen molar-refractivity contribution >= 4 is 131 Å². The van der Waals surface area contributed by atoms with Crippen LogP contribution in [0.1, 0.15) is 39.6 Å². The minimum absolute atomic E-state index is 0.0427. The molecule has 1 aromatic rings. The number of aliphatic hydroxyl groups excluding tert-OH is 6. The monoisotopic (exact) mass is 1220 g/mol. The van der Waals surface area contributed by atoms with Crippen LogP contribution < -0.4 is 21.3 Å². The third-order valence-electron chi connectivity index (χ3n) is 8.29. The normalized spacial score (nSPS) is 16.6. The van der Waals surface area contributed by atoms with Gasteiger partial charge in [-0.15, -0.1) is 0 Å². The molecule has 10 N–H and O–H groups in total. The molecule has 306 valence electrons. The Morgan fingerprint density at radius 2 is 1.25 bits per heavy atom. The Bertz CT molecular complexity index is 1730. The maximum atomic E-state index is 13.6. The zero-order chi connectivity index (χ0) is 41.9. The van der Waals surface area contributed by atoms with E-state index in [-0.39, 0.29) is 64.3 Å². The Balaban J connectivity index is 2.34. The van der Waals surface area contributed by atoms with E-state index < -0.39 is 83.9 Å². The third kappa shape index (κ3) is 12.6. The van der Waals surface area contributed by atoms with Gasteiger partial charge in [0.2, 0.25) is 17.7 Å². The van der Waals surface area contributed by atoms with Crippen molar-refractivity contribution in [1.29, 1.82) is 0 Å². The number of rotatable bonds is 18. The summed E-state index contributed by atoms with van der Waals surface area (Å²) in [6.07, 6.45) is -2.19. The van der Waals surface area contributed by atoms with Crippen molar-refractivity contribution in [2.75, 3.05) is 72.0 Å². The van der Waals surface area contributed by atoms with Gasteiger partial charge in [-0.2, -0.15) is 0 Å². The highest BCUT2D eigenvalue weighted by molar-refractivity contribution is 14.1. The number of halogens is 4. The molecule has 0 radical (unpaired) electrons. The van der Waals surface area contributed by atoms with E-state index in [0.29, 0.717) is 18.3 Å². The van der Waals surface area contributed by atoms with Crippen molar-refractivity contribution in [1.82, 2.24) is 25.8 Å². The molecular formula is C33H44I4N6O12. The van der Waals surface area contributed by atoms with Crippen LogP contribution in [0, 0.1) is 20.0 Å². The van der Waals surface area contributed by atoms with E-state index in [1.54, 1.807) is 13.8 Å². The van der Waals surface area contributed by atoms with Crippen LogP contribution in [0.4, 0.5) is 5.69 Å². The van der Waals surface area contributed by atoms with Gasteiger partial charge in [-0.25, -0.2) is 0 Å². The highest BCUT2D eigenvalue weighted by Gasteiger charge is 2.42. The molecule has 1 aliphatic carbocycles. The second-order valence-corrected chi connectivity index (χ2v) is 17.0. The highest BCUT2D eigenvalue weighted by atomic mass is 127. The van der Waals surface area contributed by atoms with E-state index in [4.69, 9.17) is 0 Å². The summed E-state index contributed by atoms with van der Waals surface area (Å²) in [5.41, 5.74) is 1.30. The lowest BCUT2D eigenvalue weighted by molar-refractivity contribution is -0.134. The molecule has 0 saturated carbocycles. The van der Waals surface area contributed by atoms with Crippen molar-refractivity contribution in [3.63, 3.8) is 0 Å². The van der Waals surface area contributed by atoms with Gasteiger partial charge in [-0.3, -0.25) is 28.8 Å². The summed E-state index contributed by atoms with van der Waals surface area (Å²) in [5.74, 6) is -4.74. The lowest BCUT2D eigenvalue weighted by Gasteiger charge is -2.34. The van der Waals surface area contributed by atoms with Crippen molar-refractivity contribution in [2.24, 2.45) is 5.92 Å². The van der Waals surface area contributed by atoms with Gasteiger partial charge in [-0.1, -0.05) is 22.6 Å². The number of carbonyl (C=O) groups is 6. The molecule has 1 aromatic carbocycles. The number of aliphatic hydroxyl groups is 6. The first kappa shape index (κ1) is 49.3. The number of alkyl halides is 1. The van der Waals surface area contributed by atoms with Crippen LogP contribution >= 0.6 is 90.4 Å². The molecule has 55 heavy (non-hydrogen) atoms. The average Bonchev–Trinajstić information content (AvgIpc) is 3.14. The highest BCUT2D eigenvalue weighted by Crippen LogP contribution is 2.42. The van der Waals surface area contributed by atoms with Gasteiger partial charge in [0.25, 0.3) is 17.7 Å². The van der Waals surface area contributed by atoms with E-state index in [9.17, 15) is 59.4 Å². The third-order valence-corrected chi connectivity index (χ3v) is 13.0. The fraction of sp³-hybridized carbons (Fsp3) is 0.515. The fourth-order valence-corrected chi connectivity index (χ4v) is 11.4. The first-order valence-electron chi connectivity index (χ1n) is 16.5. The molecule has 18 nitrogen and oxygen atoms in total. The smallest absolute Gasteiger partial charge is 0.255 e. The molecule has 6 amide bonds. The van der Waals surface area contributed by atoms with E-state index in [1.165, 1.54) is 23.9 Å². The number of nitrogens with one attached hydrogen (secondary N) is 4. The van der Waals surface area contributed by atoms with Gasteiger partial charge in [-0.05, 0) is 99.2 Å². The number of hydrogen-bond acceptors (Lipinski definition) is 12. The molecule has 0 aliphatic heterocycles. The van der Waals surface area contributed by atoms with Gasteiger partial charge in [0.05, 0.1) is 61.2 Å². The number of nitrogens with zero attached hydrogens (tertiary/aromatic N) is 2. The Labute approximate surface area is 371 Å². The van der Waals surface area contributed by atoms with Crippen LogP contribution in [0.2, 0.25) is 0 Å². The van der Waals surface area contributed by atoms with E-state index in [2.05, 4.69) is 21.3 Å². The summed E-state index contributed by atoms with van der Waals surface area (Å²) in [5, 5.41) is 67.7. The summed E-state index contributed by atoms with van der Waals surface area (Å²) < 4.78 is 0.247. The molecule has 0 fully saturated rings. The number of anilines is 1. The molecule has 0 saturated heterocycles. The molecule has 2 rings (SSSR count). The van der Waals surface area contributed by atoms with Crippen molar-refractivity contribution < 1.29 is 59.4 Å². The number of hydrogen-bond donors (Lipinski definition) is 10. The minimum Gasteiger partial charge on any atom is -0.394 e. The van der Waals surface area contributed by atoms with Gasteiger partial charge < -0.3 is 61.7 Å². The zero-order valence-corrected chi connectivity index (χ0v) is 38.8. The standard InChI is InChI=1S/C33H44I4N6O12/c1-14-20(24(34)23(27(37)28(14)40-18(50)12-46)33(55)43(4)9-17(49)11-45)30(52)38-6-5-7-39-31(53)22-25(35)21(32(54)42(3)8-16(48)10-44)15(2)29(26(22)36)41-19(51)13-47/h16-17,23,27,44-49H,5-13H2,1-4H3,(H,38,52)(H,39,53)(H,40,50)(H,41,51). The Kier molecular flexibility index (Phi) is 20.6. The van der Waals surface area contributed by atoms with E-state index in [1.807, 2.05) is 90.4 Å². The summed E-state index contributed by atoms with van der Waals surface area (Å²) in [6.45, 7) is 0.00569. The molecule has 4 atom stereocenters. The lowest BCUT2D eigenvalue weighted by atomic mass is 9.86. The number of carbonyl (C=O) groups excluding carboxylic acids is 6. The van der Waals surface area contributed by atoms with Gasteiger partial charge in [0.15, 0.2) is 0 Å². The second-order valence-electron chi connectivity index (χ2n) is 12.4. The van der Waals surface area contributed by atoms with Gasteiger partial charge in [0.1, 0.15) is 13.2 Å². The minimum atomic E-state index is -1.22. The quantitative estimate of drug-likeness (QED) is 0.0488. The van der Waals surface area contributed by atoms with Crippen LogP contribution in [-0.4, -0.2) is 159 Å². The second kappa shape index (κ2) is 23.0. The fourth-order valence-electron chi connectivity index (χ4n) is 5.44. The maximum absolute atomic E-state index is 13.6. The Morgan fingerprint density at radius 1 is 0.745 bits per heavy atom. The van der Waals surface area contributed by atoms with Crippen LogP contribution in [0.5, 0.6) is 0 Å². The predicted octanol–water partition coefficient (Wildman–Crippen LogP) is -0.887. The summed E-state index contributed by atoms with van der Waals surface area (Å²) in [6, 6.07) is 0. The molecule has 0 aromatic heterocycles. The summed E-state index contributed by atoms with van der Waals surface area (Å²) >= 11 is 7.58. The van der Waals surface area contributed by atoms with Gasteiger partial charge >= 0.3 is 0 Å². The lowest BCUT2D eigenvalue weighted by Crippen LogP contribution is -2.46. The molecule has 22 heteroatoms. The predicted molar refractivity (Wildman–Crippen MR) is 233 cm³/mol. The average molecular weight is 1220 g/mol. The SMILES string of the molecule is CC1=C(NC(=O)CO)C(I)C(C(=O)N(C)CC(O)CO)C(I)=C1C(=O)NCCCNC(=O)c1c(I)c(NC(=O)CO)c(C)c(C(=O)N(C)CC(O)CO)c1I. The Hall–Kier alpha value is -1.80. The molecule has 4 unspecified atom stereocenters. The van der Waals surface area contributed by atoms with E-state index in [0.717, 1.165) is 0 Å². The summed E-state index contributed by atoms with van der Waals surface area (Å²) in [4.78, 5) is 81.2.